The molecule has 0 unspecified atom stereocenters. The fourth-order valence-corrected chi connectivity index (χ4v) is 7.29. The van der Waals surface area contributed by atoms with Crippen LogP contribution in [0.4, 0.5) is 0 Å². The van der Waals surface area contributed by atoms with Crippen LogP contribution < -0.4 is 5.73 Å². The zero-order chi connectivity index (χ0) is 32.4. The Morgan fingerprint density at radius 1 is 0.178 bits per heavy atom. The Kier molecular flexibility index (Phi) is 43.9. The first kappa shape index (κ1) is 45.0. The molecule has 1 heteroatoms. The first-order chi connectivity index (χ1) is 22.4. The molecular weight excluding hydrogens is 542 g/mol. The van der Waals surface area contributed by atoms with Crippen molar-refractivity contribution in [1.29, 1.82) is 0 Å². The number of unbranched alkanes of at least 4 members (excludes halogenated alkanes) is 41. The molecule has 2 N–H and O–H groups in total. The van der Waals surface area contributed by atoms with Gasteiger partial charge in [-0.25, -0.2) is 0 Å². The second-order valence-corrected chi connectivity index (χ2v) is 15.3. The smallest absolute Gasteiger partial charge is 0.00773 e. The molecule has 0 aliphatic heterocycles. The van der Waals surface area contributed by atoms with Crippen LogP contribution in [-0.4, -0.2) is 6.54 Å². The molecule has 0 aromatic rings. The zero-order valence-corrected chi connectivity index (χ0v) is 32.0. The Hall–Kier alpha value is -0.0400. The van der Waals surface area contributed by atoms with Crippen LogP contribution in [0.1, 0.15) is 277 Å². The van der Waals surface area contributed by atoms with Gasteiger partial charge in [-0.2, -0.15) is 0 Å². The van der Waals surface area contributed by atoms with Crippen molar-refractivity contribution in [3.05, 3.63) is 0 Å². The van der Waals surface area contributed by atoms with Gasteiger partial charge in [0.1, 0.15) is 0 Å². The van der Waals surface area contributed by atoms with E-state index in [2.05, 4.69) is 6.92 Å². The van der Waals surface area contributed by atoms with Crippen LogP contribution in [0.2, 0.25) is 0 Å². The summed E-state index contributed by atoms with van der Waals surface area (Å²) in [6.45, 7) is 3.18. The quantitative estimate of drug-likeness (QED) is 0.0665. The highest BCUT2D eigenvalue weighted by atomic mass is 14.5. The molecule has 0 aliphatic carbocycles. The zero-order valence-electron chi connectivity index (χ0n) is 32.0. The molecular formula is C44H91N. The third kappa shape index (κ3) is 44.0. The lowest BCUT2D eigenvalue weighted by Gasteiger charge is -2.05. The van der Waals surface area contributed by atoms with Gasteiger partial charge in [-0.05, 0) is 13.0 Å². The van der Waals surface area contributed by atoms with E-state index in [1.165, 1.54) is 270 Å². The van der Waals surface area contributed by atoms with Gasteiger partial charge >= 0.3 is 0 Å². The summed E-state index contributed by atoms with van der Waals surface area (Å²) >= 11 is 0. The van der Waals surface area contributed by atoms with Crippen molar-refractivity contribution in [3.63, 3.8) is 0 Å². The molecule has 0 aromatic carbocycles. The Bertz CT molecular complexity index is 432. The van der Waals surface area contributed by atoms with Crippen molar-refractivity contribution in [3.8, 4) is 0 Å². The second kappa shape index (κ2) is 44.0. The van der Waals surface area contributed by atoms with Crippen LogP contribution in [-0.2, 0) is 0 Å². The minimum absolute atomic E-state index is 0.875. The molecule has 0 aromatic heterocycles. The lowest BCUT2D eigenvalue weighted by atomic mass is 10.0. The standard InChI is InChI=1S/C44H91N/c1-2-3-4-5-6-7-8-9-10-11-12-13-14-15-16-17-18-19-20-21-22-23-24-25-26-27-28-29-30-31-32-33-34-35-36-37-38-39-40-41-42-43-44-45/h2-45H2,1H3. The van der Waals surface area contributed by atoms with Crippen molar-refractivity contribution < 1.29 is 0 Å². The molecule has 1 nitrogen and oxygen atoms in total. The van der Waals surface area contributed by atoms with E-state index in [1.54, 1.807) is 0 Å². The molecule has 272 valence electrons. The van der Waals surface area contributed by atoms with Gasteiger partial charge in [0.25, 0.3) is 0 Å². The fourth-order valence-electron chi connectivity index (χ4n) is 7.29. The van der Waals surface area contributed by atoms with Crippen molar-refractivity contribution in [2.45, 2.75) is 277 Å². The molecule has 0 amide bonds. The minimum Gasteiger partial charge on any atom is -0.330 e. The summed E-state index contributed by atoms with van der Waals surface area (Å²) in [6, 6.07) is 0. The lowest BCUT2D eigenvalue weighted by Crippen LogP contribution is -1.97. The highest BCUT2D eigenvalue weighted by Gasteiger charge is 1.98. The Morgan fingerprint density at radius 3 is 0.400 bits per heavy atom. The largest absolute Gasteiger partial charge is 0.330 e. The summed E-state index contributed by atoms with van der Waals surface area (Å²) in [7, 11) is 0. The summed E-state index contributed by atoms with van der Waals surface area (Å²) in [5.41, 5.74) is 5.56. The number of nitrogens with two attached hydrogens (primary N) is 1. The molecule has 0 saturated heterocycles. The third-order valence-electron chi connectivity index (χ3n) is 10.6. The third-order valence-corrected chi connectivity index (χ3v) is 10.6. The van der Waals surface area contributed by atoms with Crippen LogP contribution in [0.15, 0.2) is 0 Å². The van der Waals surface area contributed by atoms with Gasteiger partial charge in [0.2, 0.25) is 0 Å². The van der Waals surface area contributed by atoms with Gasteiger partial charge in [-0.15, -0.1) is 0 Å². The molecule has 0 aliphatic rings. The molecule has 0 heterocycles. The summed E-state index contributed by atoms with van der Waals surface area (Å²) in [6.07, 6.45) is 61.8. The average Bonchev–Trinajstić information content (AvgIpc) is 3.05. The molecule has 0 bridgehead atoms. The van der Waals surface area contributed by atoms with Crippen molar-refractivity contribution >= 4 is 0 Å². The van der Waals surface area contributed by atoms with E-state index in [4.69, 9.17) is 5.73 Å². The van der Waals surface area contributed by atoms with Crippen LogP contribution >= 0.6 is 0 Å². The van der Waals surface area contributed by atoms with Crippen molar-refractivity contribution in [1.82, 2.24) is 0 Å². The van der Waals surface area contributed by atoms with E-state index in [0.29, 0.717) is 0 Å². The molecule has 0 saturated carbocycles. The van der Waals surface area contributed by atoms with E-state index >= 15 is 0 Å². The van der Waals surface area contributed by atoms with E-state index in [-0.39, 0.29) is 0 Å². The molecule has 0 spiro atoms. The highest BCUT2D eigenvalue weighted by molar-refractivity contribution is 4.54. The average molecular weight is 634 g/mol. The Balaban J connectivity index is 3.03. The van der Waals surface area contributed by atoms with Crippen LogP contribution in [0.25, 0.3) is 0 Å². The molecule has 0 rings (SSSR count). The topological polar surface area (TPSA) is 26.0 Å². The van der Waals surface area contributed by atoms with E-state index < -0.39 is 0 Å². The monoisotopic (exact) mass is 634 g/mol. The first-order valence-corrected chi connectivity index (χ1v) is 22.1. The van der Waals surface area contributed by atoms with Gasteiger partial charge in [-0.1, -0.05) is 270 Å². The Labute approximate surface area is 288 Å². The van der Waals surface area contributed by atoms with E-state index in [9.17, 15) is 0 Å². The number of hydrogen-bond acceptors (Lipinski definition) is 1. The molecule has 0 radical (unpaired) electrons. The second-order valence-electron chi connectivity index (χ2n) is 15.3. The van der Waals surface area contributed by atoms with Gasteiger partial charge in [0, 0.05) is 0 Å². The summed E-state index contributed by atoms with van der Waals surface area (Å²) in [5, 5.41) is 0. The van der Waals surface area contributed by atoms with Crippen molar-refractivity contribution in [2.75, 3.05) is 6.54 Å². The normalized spacial score (nSPS) is 11.6. The maximum atomic E-state index is 5.56. The highest BCUT2D eigenvalue weighted by Crippen LogP contribution is 2.18. The lowest BCUT2D eigenvalue weighted by molar-refractivity contribution is 0.509. The minimum atomic E-state index is 0.875. The summed E-state index contributed by atoms with van der Waals surface area (Å²) in [4.78, 5) is 0. The van der Waals surface area contributed by atoms with Crippen molar-refractivity contribution in [2.24, 2.45) is 5.73 Å². The molecule has 0 atom stereocenters. The maximum Gasteiger partial charge on any atom is -0.00773 e. The van der Waals surface area contributed by atoms with Crippen LogP contribution in [0.3, 0.4) is 0 Å². The maximum absolute atomic E-state index is 5.56. The number of rotatable bonds is 42. The number of hydrogen-bond donors (Lipinski definition) is 1. The van der Waals surface area contributed by atoms with Crippen LogP contribution in [0, 0.1) is 0 Å². The van der Waals surface area contributed by atoms with Crippen LogP contribution in [0.5, 0.6) is 0 Å². The predicted molar refractivity (Wildman–Crippen MR) is 209 cm³/mol. The van der Waals surface area contributed by atoms with Gasteiger partial charge in [-0.3, -0.25) is 0 Å². The molecule has 45 heavy (non-hydrogen) atoms. The molecule has 0 fully saturated rings. The summed E-state index contributed by atoms with van der Waals surface area (Å²) < 4.78 is 0. The van der Waals surface area contributed by atoms with Gasteiger partial charge in [0.05, 0.1) is 0 Å². The van der Waals surface area contributed by atoms with Gasteiger partial charge < -0.3 is 5.73 Å². The Morgan fingerprint density at radius 2 is 0.289 bits per heavy atom. The van der Waals surface area contributed by atoms with Gasteiger partial charge in [0.15, 0.2) is 0 Å². The summed E-state index contributed by atoms with van der Waals surface area (Å²) in [5.74, 6) is 0. The van der Waals surface area contributed by atoms with E-state index in [1.807, 2.05) is 0 Å². The predicted octanol–water partition coefficient (Wildman–Crippen LogP) is 16.3. The SMILES string of the molecule is CCCCCCCCCCCCCCCCCCCCCCCCCCCCCCCCCCCCCCCCCCCCN. The van der Waals surface area contributed by atoms with E-state index in [0.717, 1.165) is 6.54 Å². The fraction of sp³-hybridized carbons (Fsp3) is 1.00. The first-order valence-electron chi connectivity index (χ1n) is 22.1.